The number of amides is 1. The number of aromatic nitrogens is 3. The number of carbonyl (C=O) groups is 1. The summed E-state index contributed by atoms with van der Waals surface area (Å²) >= 11 is 0. The highest BCUT2D eigenvalue weighted by Crippen LogP contribution is 2.25. The summed E-state index contributed by atoms with van der Waals surface area (Å²) in [6.07, 6.45) is 3.48. The van der Waals surface area contributed by atoms with Gasteiger partial charge in [0.05, 0.1) is 19.4 Å². The molecule has 0 N–H and O–H groups in total. The van der Waals surface area contributed by atoms with E-state index in [0.717, 1.165) is 45.1 Å². The van der Waals surface area contributed by atoms with Gasteiger partial charge in [-0.05, 0) is 18.9 Å². The van der Waals surface area contributed by atoms with E-state index in [4.69, 9.17) is 4.74 Å². The van der Waals surface area contributed by atoms with Crippen LogP contribution in [0.15, 0.2) is 18.5 Å². The molecule has 2 fully saturated rings. The Morgan fingerprint density at radius 2 is 2.08 bits per heavy atom. The van der Waals surface area contributed by atoms with Crippen LogP contribution in [0, 0.1) is 12.8 Å². The fourth-order valence-electron chi connectivity index (χ4n) is 3.78. The number of nitrogens with zero attached hydrogens (tertiary/aromatic N) is 5. The molecule has 7 heteroatoms. The smallest absolute Gasteiger partial charge is 0.259 e. The Morgan fingerprint density at radius 1 is 1.29 bits per heavy atom. The van der Waals surface area contributed by atoms with Crippen LogP contribution in [0.1, 0.15) is 23.0 Å². The zero-order valence-electron chi connectivity index (χ0n) is 14.2. The first-order valence-corrected chi connectivity index (χ1v) is 8.55. The van der Waals surface area contributed by atoms with E-state index in [9.17, 15) is 4.79 Å². The fourth-order valence-corrected chi connectivity index (χ4v) is 3.78. The van der Waals surface area contributed by atoms with Crippen LogP contribution in [0.25, 0.3) is 5.65 Å². The summed E-state index contributed by atoms with van der Waals surface area (Å²) < 4.78 is 7.11. The first-order valence-electron chi connectivity index (χ1n) is 8.55. The molecule has 2 aliphatic rings. The second-order valence-electron chi connectivity index (χ2n) is 6.80. The number of carbonyl (C=O) groups excluding carboxylic acids is 1. The Bertz CT molecular complexity index is 753. The van der Waals surface area contributed by atoms with Gasteiger partial charge in [0.2, 0.25) is 0 Å². The molecule has 0 bridgehead atoms. The van der Waals surface area contributed by atoms with E-state index in [1.165, 1.54) is 0 Å². The molecule has 1 amide bonds. The lowest BCUT2D eigenvalue weighted by Gasteiger charge is -2.33. The molecule has 2 aliphatic heterocycles. The van der Waals surface area contributed by atoms with Crippen LogP contribution in [0.3, 0.4) is 0 Å². The van der Waals surface area contributed by atoms with Gasteiger partial charge in [-0.15, -0.1) is 0 Å². The minimum Gasteiger partial charge on any atom is -0.379 e. The molecule has 7 nitrogen and oxygen atoms in total. The molecule has 2 aromatic heterocycles. The van der Waals surface area contributed by atoms with Crippen LogP contribution in [-0.4, -0.2) is 75.7 Å². The highest BCUT2D eigenvalue weighted by Gasteiger charge is 2.37. The molecule has 0 radical (unpaired) electrons. The third kappa shape index (κ3) is 2.67. The van der Waals surface area contributed by atoms with Crippen LogP contribution in [0.2, 0.25) is 0 Å². The minimum absolute atomic E-state index is 0.0331. The van der Waals surface area contributed by atoms with Crippen molar-refractivity contribution in [2.45, 2.75) is 19.9 Å². The highest BCUT2D eigenvalue weighted by atomic mass is 16.5. The predicted octanol–water partition coefficient (Wildman–Crippen LogP) is 0.830. The summed E-state index contributed by atoms with van der Waals surface area (Å²) in [7, 11) is 0. The van der Waals surface area contributed by atoms with Crippen molar-refractivity contribution in [1.82, 2.24) is 24.4 Å². The third-order valence-corrected chi connectivity index (χ3v) is 5.11. The van der Waals surface area contributed by atoms with Gasteiger partial charge in [0, 0.05) is 44.1 Å². The van der Waals surface area contributed by atoms with Crippen LogP contribution >= 0.6 is 0 Å². The van der Waals surface area contributed by atoms with Crippen molar-refractivity contribution in [1.29, 1.82) is 0 Å². The molecule has 0 saturated carbocycles. The number of fused-ring (bicyclic) bond motifs is 1. The molecule has 0 aliphatic carbocycles. The van der Waals surface area contributed by atoms with Gasteiger partial charge in [-0.3, -0.25) is 9.69 Å². The summed E-state index contributed by atoms with van der Waals surface area (Å²) in [5.41, 5.74) is 2.12. The van der Waals surface area contributed by atoms with Crippen molar-refractivity contribution < 1.29 is 9.53 Å². The van der Waals surface area contributed by atoms with Gasteiger partial charge in [-0.25, -0.2) is 9.50 Å². The maximum atomic E-state index is 13.0. The molecule has 24 heavy (non-hydrogen) atoms. The molecule has 4 heterocycles. The van der Waals surface area contributed by atoms with Crippen molar-refractivity contribution in [2.24, 2.45) is 5.92 Å². The predicted molar refractivity (Wildman–Crippen MR) is 89.0 cm³/mol. The maximum Gasteiger partial charge on any atom is 0.259 e. The summed E-state index contributed by atoms with van der Waals surface area (Å²) in [4.78, 5) is 21.9. The SMILES string of the molecule is Cc1ccn2ncc(C(=O)N3C[C@@H](C)[C@H](N4CCOCC4)C3)c2n1. The summed E-state index contributed by atoms with van der Waals surface area (Å²) in [6, 6.07) is 2.30. The number of morpholine rings is 1. The summed E-state index contributed by atoms with van der Waals surface area (Å²) in [5.74, 6) is 0.495. The fraction of sp³-hybridized carbons (Fsp3) is 0.588. The normalized spacial score (nSPS) is 25.5. The van der Waals surface area contributed by atoms with Crippen molar-refractivity contribution in [3.8, 4) is 0 Å². The monoisotopic (exact) mass is 329 g/mol. The zero-order chi connectivity index (χ0) is 16.7. The number of aryl methyl sites for hydroxylation is 1. The lowest BCUT2D eigenvalue weighted by molar-refractivity contribution is 0.0119. The zero-order valence-corrected chi connectivity index (χ0v) is 14.2. The van der Waals surface area contributed by atoms with Crippen molar-refractivity contribution in [2.75, 3.05) is 39.4 Å². The molecule has 2 aromatic rings. The first kappa shape index (κ1) is 15.5. The minimum atomic E-state index is 0.0331. The van der Waals surface area contributed by atoms with Crippen molar-refractivity contribution >= 4 is 11.6 Å². The lowest BCUT2D eigenvalue weighted by atomic mass is 10.0. The van der Waals surface area contributed by atoms with E-state index in [1.807, 2.05) is 24.1 Å². The molecule has 2 atom stereocenters. The third-order valence-electron chi connectivity index (χ3n) is 5.11. The summed E-state index contributed by atoms with van der Waals surface area (Å²) in [6.45, 7) is 9.18. The standard InChI is InChI=1S/C17H23N5O2/c1-12-10-21(11-15(12)20-5-7-24-8-6-20)17(23)14-9-18-22-4-3-13(2)19-16(14)22/h3-4,9,12,15H,5-8,10-11H2,1-2H3/t12-,15-/m1/s1. The lowest BCUT2D eigenvalue weighted by Crippen LogP contribution is -2.47. The van der Waals surface area contributed by atoms with E-state index in [2.05, 4.69) is 21.9 Å². The Hall–Kier alpha value is -1.99. The molecule has 128 valence electrons. The molecule has 2 saturated heterocycles. The molecule has 0 unspecified atom stereocenters. The molecular formula is C17H23N5O2. The Balaban J connectivity index is 1.55. The number of ether oxygens (including phenoxy) is 1. The second-order valence-corrected chi connectivity index (χ2v) is 6.80. The number of rotatable bonds is 2. The number of hydrogen-bond donors (Lipinski definition) is 0. The largest absolute Gasteiger partial charge is 0.379 e. The Kier molecular flexibility index (Phi) is 3.97. The van der Waals surface area contributed by atoms with E-state index in [-0.39, 0.29) is 5.91 Å². The van der Waals surface area contributed by atoms with Gasteiger partial charge in [0.15, 0.2) is 5.65 Å². The molecule has 0 spiro atoms. The van der Waals surface area contributed by atoms with E-state index in [1.54, 1.807) is 10.7 Å². The summed E-state index contributed by atoms with van der Waals surface area (Å²) in [5, 5.41) is 4.26. The van der Waals surface area contributed by atoms with E-state index >= 15 is 0 Å². The van der Waals surface area contributed by atoms with Crippen LogP contribution in [0.4, 0.5) is 0 Å². The number of hydrogen-bond acceptors (Lipinski definition) is 5. The average Bonchev–Trinajstić information content (AvgIpc) is 3.18. The van der Waals surface area contributed by atoms with Gasteiger partial charge >= 0.3 is 0 Å². The first-order chi connectivity index (χ1) is 11.6. The van der Waals surface area contributed by atoms with Gasteiger partial charge in [0.1, 0.15) is 5.56 Å². The van der Waals surface area contributed by atoms with Gasteiger partial charge in [-0.2, -0.15) is 5.10 Å². The van der Waals surface area contributed by atoms with Crippen LogP contribution in [0.5, 0.6) is 0 Å². The quantitative estimate of drug-likeness (QED) is 0.817. The number of likely N-dealkylation sites (tertiary alicyclic amines) is 1. The van der Waals surface area contributed by atoms with E-state index in [0.29, 0.717) is 23.2 Å². The van der Waals surface area contributed by atoms with E-state index < -0.39 is 0 Å². The van der Waals surface area contributed by atoms with Crippen molar-refractivity contribution in [3.63, 3.8) is 0 Å². The second kappa shape index (κ2) is 6.14. The van der Waals surface area contributed by atoms with Crippen LogP contribution < -0.4 is 0 Å². The molecular weight excluding hydrogens is 306 g/mol. The average molecular weight is 329 g/mol. The van der Waals surface area contributed by atoms with Gasteiger partial charge in [0.25, 0.3) is 5.91 Å². The van der Waals surface area contributed by atoms with Crippen molar-refractivity contribution in [3.05, 3.63) is 29.7 Å². The Labute approximate surface area is 141 Å². The van der Waals surface area contributed by atoms with Gasteiger partial charge < -0.3 is 9.64 Å². The van der Waals surface area contributed by atoms with Gasteiger partial charge in [-0.1, -0.05) is 6.92 Å². The topological polar surface area (TPSA) is 63.0 Å². The molecule has 0 aromatic carbocycles. The highest BCUT2D eigenvalue weighted by molar-refractivity contribution is 5.99. The maximum absolute atomic E-state index is 13.0. The molecule has 4 rings (SSSR count). The van der Waals surface area contributed by atoms with Crippen LogP contribution in [-0.2, 0) is 4.74 Å². The Morgan fingerprint density at radius 3 is 2.88 bits per heavy atom.